The quantitative estimate of drug-likeness (QED) is 0.862. The van der Waals surface area contributed by atoms with Crippen molar-refractivity contribution in [3.63, 3.8) is 0 Å². The van der Waals surface area contributed by atoms with Gasteiger partial charge in [0, 0.05) is 18.7 Å². The van der Waals surface area contributed by atoms with Gasteiger partial charge >= 0.3 is 0 Å². The first-order valence-electron chi connectivity index (χ1n) is 6.84. The average molecular weight is 315 g/mol. The van der Waals surface area contributed by atoms with Crippen LogP contribution in [0.2, 0.25) is 0 Å². The molecular formula is C14H21NO5S. The van der Waals surface area contributed by atoms with Crippen LogP contribution in [0, 0.1) is 0 Å². The third kappa shape index (κ3) is 3.66. The molecule has 0 amide bonds. The summed E-state index contributed by atoms with van der Waals surface area (Å²) in [6.45, 7) is 2.49. The molecule has 21 heavy (non-hydrogen) atoms. The van der Waals surface area contributed by atoms with Crippen LogP contribution < -0.4 is 14.2 Å². The van der Waals surface area contributed by atoms with Crippen molar-refractivity contribution in [3.8, 4) is 11.5 Å². The standard InChI is InChI=1S/C14H21NO5S/c1-10(12-5-4-8-20-12)15-21(16,17)14-7-6-11(18-2)9-13(14)19-3/h6-7,9-10,12,15H,4-5,8H2,1-3H3/t10-,12-/m1/s1. The molecule has 1 aromatic rings. The topological polar surface area (TPSA) is 73.9 Å². The lowest BCUT2D eigenvalue weighted by atomic mass is 10.1. The molecule has 1 saturated heterocycles. The Hall–Kier alpha value is -1.31. The lowest BCUT2D eigenvalue weighted by Gasteiger charge is -2.20. The molecule has 1 aliphatic heterocycles. The van der Waals surface area contributed by atoms with Crippen molar-refractivity contribution in [1.29, 1.82) is 0 Å². The van der Waals surface area contributed by atoms with Gasteiger partial charge in [-0.15, -0.1) is 0 Å². The van der Waals surface area contributed by atoms with Crippen molar-refractivity contribution < 1.29 is 22.6 Å². The molecule has 118 valence electrons. The van der Waals surface area contributed by atoms with Crippen molar-refractivity contribution in [2.45, 2.75) is 36.8 Å². The lowest BCUT2D eigenvalue weighted by molar-refractivity contribution is 0.0902. The largest absolute Gasteiger partial charge is 0.497 e. The number of sulfonamides is 1. The van der Waals surface area contributed by atoms with E-state index in [9.17, 15) is 8.42 Å². The number of rotatable bonds is 6. The highest BCUT2D eigenvalue weighted by molar-refractivity contribution is 7.89. The first kappa shape index (κ1) is 16.1. The zero-order valence-electron chi connectivity index (χ0n) is 12.5. The first-order chi connectivity index (χ1) is 9.97. The second kappa shape index (κ2) is 6.64. The summed E-state index contributed by atoms with van der Waals surface area (Å²) in [6, 6.07) is 4.32. The third-order valence-corrected chi connectivity index (χ3v) is 5.12. The van der Waals surface area contributed by atoms with E-state index in [0.29, 0.717) is 12.4 Å². The third-order valence-electron chi connectivity index (χ3n) is 3.52. The van der Waals surface area contributed by atoms with Crippen molar-refractivity contribution in [2.24, 2.45) is 0 Å². The number of hydrogen-bond donors (Lipinski definition) is 1. The Bertz CT molecular complexity index is 581. The second-order valence-electron chi connectivity index (χ2n) is 4.98. The second-order valence-corrected chi connectivity index (χ2v) is 6.66. The van der Waals surface area contributed by atoms with Gasteiger partial charge < -0.3 is 14.2 Å². The molecule has 0 spiro atoms. The molecule has 1 heterocycles. The van der Waals surface area contributed by atoms with Crippen molar-refractivity contribution in [3.05, 3.63) is 18.2 Å². The maximum Gasteiger partial charge on any atom is 0.244 e. The monoisotopic (exact) mass is 315 g/mol. The maximum atomic E-state index is 12.5. The van der Waals surface area contributed by atoms with Gasteiger partial charge in [0.15, 0.2) is 0 Å². The molecule has 1 fully saturated rings. The minimum Gasteiger partial charge on any atom is -0.497 e. The fraction of sp³-hybridized carbons (Fsp3) is 0.571. The number of methoxy groups -OCH3 is 2. The Morgan fingerprint density at radius 1 is 1.33 bits per heavy atom. The molecule has 0 radical (unpaired) electrons. The summed E-state index contributed by atoms with van der Waals surface area (Å²) < 4.78 is 43.4. The number of hydrogen-bond acceptors (Lipinski definition) is 5. The van der Waals surface area contributed by atoms with Crippen molar-refractivity contribution in [2.75, 3.05) is 20.8 Å². The van der Waals surface area contributed by atoms with Gasteiger partial charge in [-0.05, 0) is 31.9 Å². The molecule has 0 bridgehead atoms. The number of benzene rings is 1. The van der Waals surface area contributed by atoms with Crippen LogP contribution in [0.15, 0.2) is 23.1 Å². The maximum absolute atomic E-state index is 12.5. The minimum atomic E-state index is -3.68. The van der Waals surface area contributed by atoms with E-state index in [1.54, 1.807) is 12.1 Å². The van der Waals surface area contributed by atoms with E-state index < -0.39 is 10.0 Å². The van der Waals surface area contributed by atoms with Gasteiger partial charge in [-0.3, -0.25) is 0 Å². The highest BCUT2D eigenvalue weighted by atomic mass is 32.2. The van der Waals surface area contributed by atoms with Gasteiger partial charge in [-0.2, -0.15) is 0 Å². The fourth-order valence-electron chi connectivity index (χ4n) is 2.38. The highest BCUT2D eigenvalue weighted by Crippen LogP contribution is 2.29. The minimum absolute atomic E-state index is 0.0796. The van der Waals surface area contributed by atoms with Crippen LogP contribution in [0.5, 0.6) is 11.5 Å². The van der Waals surface area contributed by atoms with Gasteiger partial charge in [0.1, 0.15) is 16.4 Å². The average Bonchev–Trinajstić information content (AvgIpc) is 3.00. The normalized spacial score (nSPS) is 20.2. The molecular weight excluding hydrogens is 294 g/mol. The van der Waals surface area contributed by atoms with Crippen molar-refractivity contribution >= 4 is 10.0 Å². The summed E-state index contributed by atoms with van der Waals surface area (Å²) in [4.78, 5) is 0.0932. The molecule has 2 rings (SSSR count). The SMILES string of the molecule is COc1ccc(S(=O)(=O)N[C@H](C)[C@H]2CCCO2)c(OC)c1. The molecule has 7 heteroatoms. The van der Waals surface area contributed by atoms with E-state index in [2.05, 4.69) is 4.72 Å². The lowest BCUT2D eigenvalue weighted by Crippen LogP contribution is -2.40. The molecule has 1 N–H and O–H groups in total. The van der Waals surface area contributed by atoms with Gasteiger partial charge in [-0.1, -0.05) is 0 Å². The smallest absolute Gasteiger partial charge is 0.244 e. The van der Waals surface area contributed by atoms with Crippen LogP contribution in [0.1, 0.15) is 19.8 Å². The first-order valence-corrected chi connectivity index (χ1v) is 8.32. The number of ether oxygens (including phenoxy) is 3. The van der Waals surface area contributed by atoms with Gasteiger partial charge in [0.25, 0.3) is 0 Å². The molecule has 0 saturated carbocycles. The van der Waals surface area contributed by atoms with Crippen LogP contribution in [-0.4, -0.2) is 41.4 Å². The van der Waals surface area contributed by atoms with E-state index in [4.69, 9.17) is 14.2 Å². The summed E-state index contributed by atoms with van der Waals surface area (Å²) in [5.41, 5.74) is 0. The molecule has 0 unspecified atom stereocenters. The summed E-state index contributed by atoms with van der Waals surface area (Å²) >= 11 is 0. The van der Waals surface area contributed by atoms with E-state index >= 15 is 0 Å². The molecule has 6 nitrogen and oxygen atoms in total. The molecule has 1 aromatic carbocycles. The predicted octanol–water partition coefficient (Wildman–Crippen LogP) is 1.55. The zero-order chi connectivity index (χ0) is 15.5. The van der Waals surface area contributed by atoms with Gasteiger partial charge in [0.05, 0.1) is 20.3 Å². The summed E-state index contributed by atoms with van der Waals surface area (Å²) in [7, 11) is -0.733. The Balaban J connectivity index is 2.22. The Kier molecular flexibility index (Phi) is 5.08. The van der Waals surface area contributed by atoms with Crippen LogP contribution in [0.3, 0.4) is 0 Å². The Morgan fingerprint density at radius 2 is 2.10 bits per heavy atom. The van der Waals surface area contributed by atoms with Crippen LogP contribution >= 0.6 is 0 Å². The molecule has 0 aliphatic carbocycles. The van der Waals surface area contributed by atoms with E-state index in [1.807, 2.05) is 6.92 Å². The fourth-order valence-corrected chi connectivity index (χ4v) is 3.80. The van der Waals surface area contributed by atoms with Crippen LogP contribution in [0.4, 0.5) is 0 Å². The van der Waals surface area contributed by atoms with E-state index in [0.717, 1.165) is 12.8 Å². The van der Waals surface area contributed by atoms with Gasteiger partial charge in [0.2, 0.25) is 10.0 Å². The summed E-state index contributed by atoms with van der Waals surface area (Å²) in [5, 5.41) is 0. The van der Waals surface area contributed by atoms with Crippen molar-refractivity contribution in [1.82, 2.24) is 4.72 Å². The van der Waals surface area contributed by atoms with E-state index in [1.165, 1.54) is 20.3 Å². The van der Waals surface area contributed by atoms with Gasteiger partial charge in [-0.25, -0.2) is 13.1 Å². The summed E-state index contributed by atoms with van der Waals surface area (Å²) in [5.74, 6) is 0.791. The predicted molar refractivity (Wildman–Crippen MR) is 78.3 cm³/mol. The van der Waals surface area contributed by atoms with E-state index in [-0.39, 0.29) is 22.8 Å². The van der Waals surface area contributed by atoms with Crippen LogP contribution in [0.25, 0.3) is 0 Å². The molecule has 1 aliphatic rings. The Morgan fingerprint density at radius 3 is 2.67 bits per heavy atom. The highest BCUT2D eigenvalue weighted by Gasteiger charge is 2.28. The summed E-state index contributed by atoms with van der Waals surface area (Å²) in [6.07, 6.45) is 1.75. The van der Waals surface area contributed by atoms with Crippen LogP contribution in [-0.2, 0) is 14.8 Å². The molecule has 2 atom stereocenters. The number of nitrogens with one attached hydrogen (secondary N) is 1. The Labute approximate surface area is 125 Å². The molecule has 0 aromatic heterocycles. The zero-order valence-corrected chi connectivity index (χ0v) is 13.3.